The number of anilines is 3. The average Bonchev–Trinajstić information content (AvgIpc) is 2.96. The Morgan fingerprint density at radius 2 is 2.00 bits per heavy atom. The van der Waals surface area contributed by atoms with Crippen LogP contribution >= 0.6 is 23.2 Å². The molecule has 0 aliphatic heterocycles. The van der Waals surface area contributed by atoms with Crippen molar-refractivity contribution in [1.29, 1.82) is 0 Å². The summed E-state index contributed by atoms with van der Waals surface area (Å²) in [4.78, 5) is 16.3. The van der Waals surface area contributed by atoms with Crippen LogP contribution in [0.15, 0.2) is 47.1 Å². The van der Waals surface area contributed by atoms with Crippen LogP contribution < -0.4 is 10.6 Å². The normalized spacial score (nSPS) is 10.5. The summed E-state index contributed by atoms with van der Waals surface area (Å²) in [6.07, 6.45) is 1.53. The van der Waals surface area contributed by atoms with Crippen molar-refractivity contribution in [3.63, 3.8) is 0 Å². The van der Waals surface area contributed by atoms with Gasteiger partial charge in [-0.05, 0) is 37.3 Å². The molecule has 0 atom stereocenters. The minimum absolute atomic E-state index is 0.253. The van der Waals surface area contributed by atoms with Crippen LogP contribution in [0.1, 0.15) is 16.2 Å². The number of hydrogen-bond acceptors (Lipinski definition) is 5. The Bertz CT molecular complexity index is 878. The fraction of sp³-hybridized carbons (Fsp3) is 0.0625. The molecule has 3 rings (SSSR count). The Kier molecular flexibility index (Phi) is 4.69. The van der Waals surface area contributed by atoms with Gasteiger partial charge in [0, 0.05) is 11.1 Å². The zero-order chi connectivity index (χ0) is 17.1. The number of pyridine rings is 1. The van der Waals surface area contributed by atoms with E-state index >= 15 is 0 Å². The second-order valence-corrected chi connectivity index (χ2v) is 5.80. The van der Waals surface area contributed by atoms with E-state index < -0.39 is 0 Å². The molecule has 6 nitrogen and oxygen atoms in total. The van der Waals surface area contributed by atoms with Gasteiger partial charge in [0.2, 0.25) is 0 Å². The standard InChI is InChI=1S/C16H12Cl2N4O2/c1-9-6-15(22-24-9)20-11-3-5-14(19-8-11)16(23)21-13-4-2-10(17)7-12(13)18/h2-8H,1H3,(H,20,22)(H,21,23). The largest absolute Gasteiger partial charge is 0.360 e. The highest BCUT2D eigenvalue weighted by atomic mass is 35.5. The van der Waals surface area contributed by atoms with Gasteiger partial charge in [-0.15, -0.1) is 0 Å². The van der Waals surface area contributed by atoms with Gasteiger partial charge in [0.15, 0.2) is 5.82 Å². The summed E-state index contributed by atoms with van der Waals surface area (Å²) in [5, 5.41) is 10.4. The first-order valence-corrected chi connectivity index (χ1v) is 7.69. The van der Waals surface area contributed by atoms with Crippen molar-refractivity contribution in [3.8, 4) is 0 Å². The van der Waals surface area contributed by atoms with Gasteiger partial charge in [-0.25, -0.2) is 4.98 Å². The first-order chi connectivity index (χ1) is 11.5. The SMILES string of the molecule is Cc1cc(Nc2ccc(C(=O)Nc3ccc(Cl)cc3Cl)nc2)no1. The molecule has 24 heavy (non-hydrogen) atoms. The second kappa shape index (κ2) is 6.90. The van der Waals surface area contributed by atoms with Crippen LogP contribution in [0.5, 0.6) is 0 Å². The Morgan fingerprint density at radius 1 is 1.17 bits per heavy atom. The van der Waals surface area contributed by atoms with Gasteiger partial charge >= 0.3 is 0 Å². The lowest BCUT2D eigenvalue weighted by atomic mass is 10.2. The third-order valence-corrected chi connectivity index (χ3v) is 3.62. The van der Waals surface area contributed by atoms with Crippen molar-refractivity contribution in [2.45, 2.75) is 6.92 Å². The van der Waals surface area contributed by atoms with E-state index in [1.165, 1.54) is 6.20 Å². The fourth-order valence-electron chi connectivity index (χ4n) is 1.95. The summed E-state index contributed by atoms with van der Waals surface area (Å²) >= 11 is 11.9. The molecule has 1 aromatic carbocycles. The molecular weight excluding hydrogens is 351 g/mol. The average molecular weight is 363 g/mol. The maximum atomic E-state index is 12.2. The molecule has 0 saturated carbocycles. The molecular formula is C16H12Cl2N4O2. The monoisotopic (exact) mass is 362 g/mol. The third-order valence-electron chi connectivity index (χ3n) is 3.08. The smallest absolute Gasteiger partial charge is 0.274 e. The molecule has 122 valence electrons. The number of benzene rings is 1. The highest BCUT2D eigenvalue weighted by molar-refractivity contribution is 6.36. The van der Waals surface area contributed by atoms with E-state index in [9.17, 15) is 4.79 Å². The number of nitrogens with zero attached hydrogens (tertiary/aromatic N) is 2. The summed E-state index contributed by atoms with van der Waals surface area (Å²) in [6, 6.07) is 9.89. The molecule has 0 saturated heterocycles. The number of hydrogen-bond donors (Lipinski definition) is 2. The van der Waals surface area contributed by atoms with E-state index in [1.54, 1.807) is 43.3 Å². The lowest BCUT2D eigenvalue weighted by Crippen LogP contribution is -2.13. The lowest BCUT2D eigenvalue weighted by molar-refractivity contribution is 0.102. The maximum absolute atomic E-state index is 12.2. The summed E-state index contributed by atoms with van der Waals surface area (Å²) in [5.74, 6) is 0.892. The van der Waals surface area contributed by atoms with Crippen LogP contribution in [0.25, 0.3) is 0 Å². The number of carbonyl (C=O) groups excluding carboxylic acids is 1. The molecule has 0 aliphatic rings. The highest BCUT2D eigenvalue weighted by Gasteiger charge is 2.10. The van der Waals surface area contributed by atoms with Crippen LogP contribution in [0.2, 0.25) is 10.0 Å². The van der Waals surface area contributed by atoms with E-state index in [-0.39, 0.29) is 11.6 Å². The number of halogens is 2. The van der Waals surface area contributed by atoms with Crippen molar-refractivity contribution in [3.05, 3.63) is 64.1 Å². The van der Waals surface area contributed by atoms with Crippen LogP contribution in [0.3, 0.4) is 0 Å². The summed E-state index contributed by atoms with van der Waals surface area (Å²) < 4.78 is 4.97. The van der Waals surface area contributed by atoms with Gasteiger partial charge in [-0.3, -0.25) is 4.79 Å². The molecule has 0 fully saturated rings. The van der Waals surface area contributed by atoms with Gasteiger partial charge < -0.3 is 15.2 Å². The van der Waals surface area contributed by atoms with Gasteiger partial charge in [0.05, 0.1) is 22.6 Å². The number of nitrogens with one attached hydrogen (secondary N) is 2. The number of carbonyl (C=O) groups is 1. The molecule has 0 radical (unpaired) electrons. The van der Waals surface area contributed by atoms with Crippen LogP contribution in [-0.2, 0) is 0 Å². The molecule has 0 spiro atoms. The van der Waals surface area contributed by atoms with Gasteiger partial charge in [-0.2, -0.15) is 0 Å². The number of aryl methyl sites for hydroxylation is 1. The van der Waals surface area contributed by atoms with E-state index in [0.29, 0.717) is 33.0 Å². The molecule has 3 aromatic rings. The number of amides is 1. The van der Waals surface area contributed by atoms with E-state index in [1.807, 2.05) is 0 Å². The molecule has 2 N–H and O–H groups in total. The molecule has 2 heterocycles. The molecule has 1 amide bonds. The lowest BCUT2D eigenvalue weighted by Gasteiger charge is -2.08. The topological polar surface area (TPSA) is 80.0 Å². The number of aromatic nitrogens is 2. The zero-order valence-corrected chi connectivity index (χ0v) is 14.0. The van der Waals surface area contributed by atoms with Crippen LogP contribution in [0, 0.1) is 6.92 Å². The third kappa shape index (κ3) is 3.84. The Balaban J connectivity index is 1.69. The Hall–Kier alpha value is -2.57. The Labute approximate surface area is 147 Å². The maximum Gasteiger partial charge on any atom is 0.274 e. The first kappa shape index (κ1) is 16.3. The van der Waals surface area contributed by atoms with Crippen molar-refractivity contribution in [2.24, 2.45) is 0 Å². The number of rotatable bonds is 4. The minimum Gasteiger partial charge on any atom is -0.360 e. The first-order valence-electron chi connectivity index (χ1n) is 6.94. The van der Waals surface area contributed by atoms with Gasteiger partial charge in [0.1, 0.15) is 11.5 Å². The summed E-state index contributed by atoms with van der Waals surface area (Å²) in [6.45, 7) is 1.80. The van der Waals surface area contributed by atoms with E-state index in [4.69, 9.17) is 27.7 Å². The summed E-state index contributed by atoms with van der Waals surface area (Å²) in [5.41, 5.74) is 1.40. The minimum atomic E-state index is -0.372. The molecule has 2 aromatic heterocycles. The quantitative estimate of drug-likeness (QED) is 0.704. The van der Waals surface area contributed by atoms with Crippen LogP contribution in [-0.4, -0.2) is 16.0 Å². The van der Waals surface area contributed by atoms with Gasteiger partial charge in [-0.1, -0.05) is 28.4 Å². The van der Waals surface area contributed by atoms with Crippen molar-refractivity contribution >= 4 is 46.3 Å². The van der Waals surface area contributed by atoms with E-state index in [0.717, 1.165) is 0 Å². The predicted octanol–water partition coefficient (Wildman–Crippen LogP) is 4.68. The van der Waals surface area contributed by atoms with Gasteiger partial charge in [0.25, 0.3) is 5.91 Å². The Morgan fingerprint density at radius 3 is 2.62 bits per heavy atom. The van der Waals surface area contributed by atoms with Crippen molar-refractivity contribution < 1.29 is 9.32 Å². The van der Waals surface area contributed by atoms with E-state index in [2.05, 4.69) is 20.8 Å². The van der Waals surface area contributed by atoms with Crippen molar-refractivity contribution in [1.82, 2.24) is 10.1 Å². The molecule has 0 aliphatic carbocycles. The molecule has 0 bridgehead atoms. The second-order valence-electron chi connectivity index (χ2n) is 4.96. The fourth-order valence-corrected chi connectivity index (χ4v) is 2.41. The highest BCUT2D eigenvalue weighted by Crippen LogP contribution is 2.25. The predicted molar refractivity (Wildman–Crippen MR) is 93.2 cm³/mol. The molecule has 0 unspecified atom stereocenters. The van der Waals surface area contributed by atoms with Crippen molar-refractivity contribution in [2.75, 3.05) is 10.6 Å². The molecule has 8 heteroatoms. The zero-order valence-electron chi connectivity index (χ0n) is 12.5. The summed E-state index contributed by atoms with van der Waals surface area (Å²) in [7, 11) is 0. The van der Waals surface area contributed by atoms with Crippen LogP contribution in [0.4, 0.5) is 17.2 Å².